The van der Waals surface area contributed by atoms with E-state index in [2.05, 4.69) is 33.0 Å². The van der Waals surface area contributed by atoms with Gasteiger partial charge in [-0.25, -0.2) is 0 Å². The lowest BCUT2D eigenvalue weighted by molar-refractivity contribution is -0.151. The number of morpholine rings is 1. The molecule has 0 amide bonds. The van der Waals surface area contributed by atoms with Crippen LogP contribution in [-0.4, -0.2) is 24.8 Å². The van der Waals surface area contributed by atoms with E-state index in [1.165, 1.54) is 25.7 Å². The summed E-state index contributed by atoms with van der Waals surface area (Å²) in [5.41, 5.74) is 0.554. The molecule has 2 rings (SSSR count). The first-order valence-corrected chi connectivity index (χ1v) is 6.85. The Morgan fingerprint density at radius 1 is 1.31 bits per heavy atom. The van der Waals surface area contributed by atoms with Crippen LogP contribution in [0.3, 0.4) is 0 Å². The third kappa shape index (κ3) is 2.28. The predicted octanol–water partition coefficient (Wildman–Crippen LogP) is 2.97. The molecule has 0 radical (unpaired) electrons. The highest BCUT2D eigenvalue weighted by molar-refractivity contribution is 5.02. The van der Waals surface area contributed by atoms with E-state index in [9.17, 15) is 0 Å². The van der Waals surface area contributed by atoms with Gasteiger partial charge in [-0.2, -0.15) is 0 Å². The van der Waals surface area contributed by atoms with Crippen molar-refractivity contribution in [3.05, 3.63) is 0 Å². The maximum Gasteiger partial charge on any atom is 0.0842 e. The smallest absolute Gasteiger partial charge is 0.0842 e. The molecule has 3 atom stereocenters. The molecular weight excluding hydrogens is 198 g/mol. The van der Waals surface area contributed by atoms with Crippen molar-refractivity contribution in [2.45, 2.75) is 65.0 Å². The SMILES string of the molecule is CCC1NCCOC12CC(C)CC(C)(C)C2. The summed E-state index contributed by atoms with van der Waals surface area (Å²) in [6.45, 7) is 11.4. The maximum atomic E-state index is 6.25. The van der Waals surface area contributed by atoms with Gasteiger partial charge in [0.2, 0.25) is 0 Å². The second-order valence-electron chi connectivity index (χ2n) is 6.68. The van der Waals surface area contributed by atoms with Crippen LogP contribution in [0.5, 0.6) is 0 Å². The summed E-state index contributed by atoms with van der Waals surface area (Å²) in [7, 11) is 0. The highest BCUT2D eigenvalue weighted by Crippen LogP contribution is 2.48. The Morgan fingerprint density at radius 3 is 2.69 bits per heavy atom. The molecule has 0 bridgehead atoms. The molecular formula is C14H27NO. The summed E-state index contributed by atoms with van der Waals surface area (Å²) >= 11 is 0. The fourth-order valence-electron chi connectivity index (χ4n) is 4.23. The van der Waals surface area contributed by atoms with Crippen molar-refractivity contribution in [3.63, 3.8) is 0 Å². The molecule has 0 aromatic carbocycles. The lowest BCUT2D eigenvalue weighted by Crippen LogP contribution is -2.61. The summed E-state index contributed by atoms with van der Waals surface area (Å²) in [4.78, 5) is 0. The monoisotopic (exact) mass is 225 g/mol. The number of hydrogen-bond donors (Lipinski definition) is 1. The molecule has 94 valence electrons. The molecule has 1 spiro atoms. The topological polar surface area (TPSA) is 21.3 Å². The predicted molar refractivity (Wildman–Crippen MR) is 67.6 cm³/mol. The Hall–Kier alpha value is -0.0800. The van der Waals surface area contributed by atoms with Crippen LogP contribution in [0.2, 0.25) is 0 Å². The van der Waals surface area contributed by atoms with Gasteiger partial charge in [-0.05, 0) is 37.0 Å². The first kappa shape index (κ1) is 12.4. The Labute approximate surface area is 100 Å². The van der Waals surface area contributed by atoms with Crippen molar-refractivity contribution in [2.75, 3.05) is 13.2 Å². The summed E-state index contributed by atoms with van der Waals surface area (Å²) in [6.07, 6.45) is 4.98. The van der Waals surface area contributed by atoms with Crippen LogP contribution in [-0.2, 0) is 4.74 Å². The van der Waals surface area contributed by atoms with E-state index in [1.807, 2.05) is 0 Å². The quantitative estimate of drug-likeness (QED) is 0.741. The van der Waals surface area contributed by atoms with E-state index in [1.54, 1.807) is 0 Å². The molecule has 1 N–H and O–H groups in total. The second kappa shape index (κ2) is 4.30. The molecule has 1 aliphatic heterocycles. The Kier molecular flexibility index (Phi) is 3.33. The molecule has 1 saturated heterocycles. The maximum absolute atomic E-state index is 6.25. The molecule has 2 fully saturated rings. The Balaban J connectivity index is 2.20. The summed E-state index contributed by atoms with van der Waals surface area (Å²) in [5, 5.41) is 3.66. The largest absolute Gasteiger partial charge is 0.372 e. The van der Waals surface area contributed by atoms with Crippen LogP contribution >= 0.6 is 0 Å². The van der Waals surface area contributed by atoms with E-state index < -0.39 is 0 Å². The minimum atomic E-state index is 0.119. The van der Waals surface area contributed by atoms with Gasteiger partial charge in [0.15, 0.2) is 0 Å². The standard InChI is InChI=1S/C14H27NO/c1-5-12-14(16-7-6-15-12)9-11(2)8-13(3,4)10-14/h11-12,15H,5-10H2,1-4H3. The van der Waals surface area contributed by atoms with Gasteiger partial charge in [-0.1, -0.05) is 27.7 Å². The van der Waals surface area contributed by atoms with E-state index in [0.717, 1.165) is 19.1 Å². The molecule has 2 heteroatoms. The van der Waals surface area contributed by atoms with E-state index in [0.29, 0.717) is 11.5 Å². The number of hydrogen-bond acceptors (Lipinski definition) is 2. The van der Waals surface area contributed by atoms with Gasteiger partial charge in [0.25, 0.3) is 0 Å². The summed E-state index contributed by atoms with van der Waals surface area (Å²) in [5.74, 6) is 0.790. The third-order valence-corrected chi connectivity index (χ3v) is 4.30. The summed E-state index contributed by atoms with van der Waals surface area (Å²) < 4.78 is 6.25. The molecule has 3 unspecified atom stereocenters. The van der Waals surface area contributed by atoms with Crippen molar-refractivity contribution >= 4 is 0 Å². The first-order chi connectivity index (χ1) is 7.47. The Bertz CT molecular complexity index is 251. The molecule has 0 aromatic heterocycles. The van der Waals surface area contributed by atoms with Crippen molar-refractivity contribution in [1.29, 1.82) is 0 Å². The third-order valence-electron chi connectivity index (χ3n) is 4.30. The zero-order valence-electron chi connectivity index (χ0n) is 11.3. The van der Waals surface area contributed by atoms with Crippen LogP contribution in [0.15, 0.2) is 0 Å². The molecule has 1 aliphatic carbocycles. The van der Waals surface area contributed by atoms with E-state index >= 15 is 0 Å². The molecule has 1 heterocycles. The van der Waals surface area contributed by atoms with E-state index in [-0.39, 0.29) is 5.60 Å². The van der Waals surface area contributed by atoms with Gasteiger partial charge in [0.1, 0.15) is 0 Å². The van der Waals surface area contributed by atoms with Gasteiger partial charge in [0, 0.05) is 12.6 Å². The van der Waals surface area contributed by atoms with Gasteiger partial charge < -0.3 is 10.1 Å². The molecule has 2 nitrogen and oxygen atoms in total. The molecule has 1 saturated carbocycles. The van der Waals surface area contributed by atoms with Crippen LogP contribution in [0, 0.1) is 11.3 Å². The van der Waals surface area contributed by atoms with Crippen LogP contribution in [0.25, 0.3) is 0 Å². The molecule has 0 aromatic rings. The van der Waals surface area contributed by atoms with Gasteiger partial charge >= 0.3 is 0 Å². The van der Waals surface area contributed by atoms with Gasteiger partial charge in [-0.3, -0.25) is 0 Å². The number of rotatable bonds is 1. The molecule has 16 heavy (non-hydrogen) atoms. The van der Waals surface area contributed by atoms with Gasteiger partial charge in [0.05, 0.1) is 12.2 Å². The van der Waals surface area contributed by atoms with Crippen molar-refractivity contribution in [3.8, 4) is 0 Å². The number of nitrogens with one attached hydrogen (secondary N) is 1. The lowest BCUT2D eigenvalue weighted by Gasteiger charge is -2.53. The first-order valence-electron chi connectivity index (χ1n) is 6.85. The zero-order valence-corrected chi connectivity index (χ0v) is 11.3. The molecule has 2 aliphatic rings. The van der Waals surface area contributed by atoms with Crippen LogP contribution in [0.1, 0.15) is 53.4 Å². The fourth-order valence-corrected chi connectivity index (χ4v) is 4.23. The van der Waals surface area contributed by atoms with E-state index in [4.69, 9.17) is 4.74 Å². The highest BCUT2D eigenvalue weighted by atomic mass is 16.5. The highest BCUT2D eigenvalue weighted by Gasteiger charge is 2.49. The van der Waals surface area contributed by atoms with Crippen LogP contribution < -0.4 is 5.32 Å². The van der Waals surface area contributed by atoms with Crippen molar-refractivity contribution < 1.29 is 4.74 Å². The summed E-state index contributed by atoms with van der Waals surface area (Å²) in [6, 6.07) is 0.559. The fraction of sp³-hybridized carbons (Fsp3) is 1.00. The van der Waals surface area contributed by atoms with Crippen molar-refractivity contribution in [1.82, 2.24) is 5.32 Å². The minimum absolute atomic E-state index is 0.119. The second-order valence-corrected chi connectivity index (χ2v) is 6.68. The lowest BCUT2D eigenvalue weighted by atomic mass is 9.63. The average Bonchev–Trinajstić information content (AvgIpc) is 2.14. The normalized spacial score (nSPS) is 43.5. The average molecular weight is 225 g/mol. The zero-order chi connectivity index (χ0) is 11.8. The Morgan fingerprint density at radius 2 is 2.06 bits per heavy atom. The van der Waals surface area contributed by atoms with Gasteiger partial charge in [-0.15, -0.1) is 0 Å². The number of ether oxygens (including phenoxy) is 1. The van der Waals surface area contributed by atoms with Crippen molar-refractivity contribution in [2.24, 2.45) is 11.3 Å². The van der Waals surface area contributed by atoms with Crippen LogP contribution in [0.4, 0.5) is 0 Å². The minimum Gasteiger partial charge on any atom is -0.372 e.